The van der Waals surface area contributed by atoms with Crippen molar-refractivity contribution in [2.45, 2.75) is 106 Å². The molecule has 15 atom stereocenters. The number of ether oxygens (including phenoxy) is 5. The van der Waals surface area contributed by atoms with Crippen LogP contribution in [0.25, 0.3) is 0 Å². The molecule has 210 valence electrons. The predicted octanol–water partition coefficient (Wildman–Crippen LogP) is -6.40. The van der Waals surface area contributed by atoms with Crippen molar-refractivity contribution in [3.05, 3.63) is 0 Å². The Kier molecular flexibility index (Phi) is 9.97. The van der Waals surface area contributed by atoms with Crippen LogP contribution >= 0.6 is 0 Å². The number of carbonyl (C=O) groups excluding carboxylic acids is 1. The van der Waals surface area contributed by atoms with E-state index in [-0.39, 0.29) is 0 Å². The number of hydrogen-bond donors (Lipinski definition) is 10. The van der Waals surface area contributed by atoms with Gasteiger partial charge in [-0.2, -0.15) is 0 Å². The lowest BCUT2D eigenvalue weighted by Gasteiger charge is -2.49. The third-order valence-electron chi connectivity index (χ3n) is 6.45. The number of rotatable bonds is 7. The lowest BCUT2D eigenvalue weighted by Crippen LogP contribution is -2.69. The summed E-state index contributed by atoms with van der Waals surface area (Å²) in [4.78, 5) is 11.8. The monoisotopic (exact) mass is 529 g/mol. The van der Waals surface area contributed by atoms with Gasteiger partial charge in [-0.15, -0.1) is 0 Å². The Morgan fingerprint density at radius 3 is 1.81 bits per heavy atom. The Hall–Kier alpha value is -1.09. The fourth-order valence-electron chi connectivity index (χ4n) is 4.40. The highest BCUT2D eigenvalue weighted by atomic mass is 16.7. The van der Waals surface area contributed by atoms with Crippen LogP contribution < -0.4 is 5.32 Å². The van der Waals surface area contributed by atoms with Gasteiger partial charge < -0.3 is 75.0 Å². The minimum Gasteiger partial charge on any atom is -0.394 e. The first-order chi connectivity index (χ1) is 16.9. The van der Waals surface area contributed by atoms with Crippen LogP contribution in [0.1, 0.15) is 13.8 Å². The molecule has 0 spiro atoms. The van der Waals surface area contributed by atoms with Crippen molar-refractivity contribution < 1.29 is 74.4 Å². The predicted molar refractivity (Wildman–Crippen MR) is 111 cm³/mol. The van der Waals surface area contributed by atoms with Crippen molar-refractivity contribution in [3.63, 3.8) is 0 Å². The van der Waals surface area contributed by atoms with Crippen LogP contribution in [0.2, 0.25) is 0 Å². The summed E-state index contributed by atoms with van der Waals surface area (Å²) in [6.07, 6.45) is -22.0. The zero-order valence-electron chi connectivity index (χ0n) is 19.5. The van der Waals surface area contributed by atoms with Crippen LogP contribution in [0.15, 0.2) is 0 Å². The van der Waals surface area contributed by atoms with Gasteiger partial charge in [-0.3, -0.25) is 4.79 Å². The smallest absolute Gasteiger partial charge is 0.217 e. The molecule has 0 aliphatic carbocycles. The SMILES string of the molecule is CC(=O)N[C@H]1[C@@H](O[C@@H]2O[C@H](C)[C@H](O)[C@@H](O)[C@@H]2O)[C@H](O[C@H]2O[C@@H](CO)[C@H](O)[C@@H](O)[C@@H]2O)[C@@H](CO)O[C@H]1O. The maximum Gasteiger partial charge on any atom is 0.217 e. The molecule has 3 aliphatic rings. The Morgan fingerprint density at radius 2 is 1.25 bits per heavy atom. The standard InChI is InChI=1S/C20H35NO15/c1-5-10(25)12(27)14(29)19(32-5)36-17-9(21-6(2)24)18(31)33-8(4-23)16(17)35-20-15(30)13(28)11(26)7(3-22)34-20/h5,7-20,22-23,25-31H,3-4H2,1-2H3,(H,21,24)/t5-,7+,8-,9+,10+,11+,12-,13-,14+,15+,16-,17-,18-,19+,20-/m1/s1. The van der Waals surface area contributed by atoms with E-state index in [1.807, 2.05) is 0 Å². The van der Waals surface area contributed by atoms with Gasteiger partial charge in [-0.1, -0.05) is 0 Å². The molecule has 16 nitrogen and oxygen atoms in total. The van der Waals surface area contributed by atoms with Crippen molar-refractivity contribution >= 4 is 5.91 Å². The van der Waals surface area contributed by atoms with Gasteiger partial charge >= 0.3 is 0 Å². The van der Waals surface area contributed by atoms with Crippen molar-refractivity contribution in [2.24, 2.45) is 0 Å². The lowest BCUT2D eigenvalue weighted by molar-refractivity contribution is -0.370. The Bertz CT molecular complexity index is 729. The highest BCUT2D eigenvalue weighted by Crippen LogP contribution is 2.32. The maximum atomic E-state index is 11.8. The van der Waals surface area contributed by atoms with E-state index in [9.17, 15) is 50.8 Å². The molecule has 0 aromatic heterocycles. The summed E-state index contributed by atoms with van der Waals surface area (Å²) in [6, 6.07) is -1.41. The molecule has 0 unspecified atom stereocenters. The number of amides is 1. The third kappa shape index (κ3) is 5.97. The fraction of sp³-hybridized carbons (Fsp3) is 0.950. The second-order valence-corrected chi connectivity index (χ2v) is 9.05. The van der Waals surface area contributed by atoms with E-state index in [1.165, 1.54) is 6.92 Å². The summed E-state index contributed by atoms with van der Waals surface area (Å²) in [5, 5.41) is 93.2. The van der Waals surface area contributed by atoms with Gasteiger partial charge in [-0.25, -0.2) is 0 Å². The first-order valence-corrected chi connectivity index (χ1v) is 11.4. The van der Waals surface area contributed by atoms with E-state index >= 15 is 0 Å². The van der Waals surface area contributed by atoms with E-state index in [4.69, 9.17) is 23.7 Å². The largest absolute Gasteiger partial charge is 0.394 e. The van der Waals surface area contributed by atoms with Gasteiger partial charge in [0.05, 0.1) is 19.3 Å². The molecular weight excluding hydrogens is 494 g/mol. The second-order valence-electron chi connectivity index (χ2n) is 9.05. The molecule has 0 radical (unpaired) electrons. The topological polar surface area (TPSA) is 257 Å². The first kappa shape index (κ1) is 29.5. The third-order valence-corrected chi connectivity index (χ3v) is 6.45. The molecule has 16 heteroatoms. The quantitative estimate of drug-likeness (QED) is 0.147. The fourth-order valence-corrected chi connectivity index (χ4v) is 4.40. The minimum atomic E-state index is -1.85. The molecule has 36 heavy (non-hydrogen) atoms. The van der Waals surface area contributed by atoms with Crippen molar-refractivity contribution in [2.75, 3.05) is 13.2 Å². The van der Waals surface area contributed by atoms with Crippen molar-refractivity contribution in [1.82, 2.24) is 5.32 Å². The van der Waals surface area contributed by atoms with Gasteiger partial charge in [-0.05, 0) is 6.92 Å². The lowest BCUT2D eigenvalue weighted by atomic mass is 9.94. The molecule has 0 aromatic rings. The van der Waals surface area contributed by atoms with E-state index < -0.39 is 111 Å². The Balaban J connectivity index is 1.92. The van der Waals surface area contributed by atoms with Crippen LogP contribution in [-0.2, 0) is 28.5 Å². The summed E-state index contributed by atoms with van der Waals surface area (Å²) >= 11 is 0. The molecule has 0 bridgehead atoms. The van der Waals surface area contributed by atoms with Crippen LogP contribution in [0.4, 0.5) is 0 Å². The van der Waals surface area contributed by atoms with Crippen LogP contribution in [-0.4, -0.2) is 157 Å². The highest BCUT2D eigenvalue weighted by Gasteiger charge is 2.54. The van der Waals surface area contributed by atoms with Gasteiger partial charge in [0.15, 0.2) is 18.9 Å². The van der Waals surface area contributed by atoms with Gasteiger partial charge in [0, 0.05) is 6.92 Å². The average molecular weight is 529 g/mol. The molecule has 1 amide bonds. The zero-order valence-corrected chi connectivity index (χ0v) is 19.5. The maximum absolute atomic E-state index is 11.8. The number of nitrogens with one attached hydrogen (secondary N) is 1. The first-order valence-electron chi connectivity index (χ1n) is 11.4. The molecule has 3 aliphatic heterocycles. The second kappa shape index (κ2) is 12.2. The van der Waals surface area contributed by atoms with E-state index in [1.54, 1.807) is 0 Å². The molecule has 0 saturated carbocycles. The van der Waals surface area contributed by atoms with Crippen molar-refractivity contribution in [1.29, 1.82) is 0 Å². The summed E-state index contributed by atoms with van der Waals surface area (Å²) in [6.45, 7) is 1.00. The molecule has 3 fully saturated rings. The van der Waals surface area contributed by atoms with E-state index in [2.05, 4.69) is 5.32 Å². The van der Waals surface area contributed by atoms with E-state index in [0.29, 0.717) is 0 Å². The van der Waals surface area contributed by atoms with Crippen molar-refractivity contribution in [3.8, 4) is 0 Å². The molecule has 10 N–H and O–H groups in total. The zero-order chi connectivity index (χ0) is 26.9. The highest BCUT2D eigenvalue weighted by molar-refractivity contribution is 5.73. The number of aliphatic hydroxyl groups excluding tert-OH is 9. The van der Waals surface area contributed by atoms with Crippen LogP contribution in [0.5, 0.6) is 0 Å². The van der Waals surface area contributed by atoms with Gasteiger partial charge in [0.2, 0.25) is 5.91 Å². The summed E-state index contributed by atoms with van der Waals surface area (Å²) in [5.74, 6) is -0.640. The van der Waals surface area contributed by atoms with Gasteiger partial charge in [0.25, 0.3) is 0 Å². The summed E-state index contributed by atoms with van der Waals surface area (Å²) < 4.78 is 27.7. The summed E-state index contributed by atoms with van der Waals surface area (Å²) in [5.41, 5.74) is 0. The Labute approximate surface area is 205 Å². The molecular formula is C20H35NO15. The van der Waals surface area contributed by atoms with Crippen LogP contribution in [0.3, 0.4) is 0 Å². The van der Waals surface area contributed by atoms with E-state index in [0.717, 1.165) is 6.92 Å². The average Bonchev–Trinajstić information content (AvgIpc) is 2.84. The molecule has 0 aromatic carbocycles. The van der Waals surface area contributed by atoms with Gasteiger partial charge in [0.1, 0.15) is 67.1 Å². The normalized spacial score (nSPS) is 50.0. The molecule has 3 heterocycles. The number of hydrogen-bond acceptors (Lipinski definition) is 15. The summed E-state index contributed by atoms with van der Waals surface area (Å²) in [7, 11) is 0. The molecule has 3 saturated heterocycles. The number of carbonyl (C=O) groups is 1. The minimum absolute atomic E-state index is 0.640. The molecule has 3 rings (SSSR count). The van der Waals surface area contributed by atoms with Crippen LogP contribution in [0, 0.1) is 0 Å². The Morgan fingerprint density at radius 1 is 0.722 bits per heavy atom. The number of aliphatic hydroxyl groups is 9.